The van der Waals surface area contributed by atoms with Crippen molar-refractivity contribution in [2.24, 2.45) is 5.92 Å². The molecule has 2 amide bonds. The zero-order chi connectivity index (χ0) is 24.1. The molecule has 2 aliphatic rings. The lowest BCUT2D eigenvalue weighted by Crippen LogP contribution is -2.43. The molecule has 0 aliphatic carbocycles. The molecule has 2 atom stereocenters. The fourth-order valence-electron chi connectivity index (χ4n) is 4.42. The summed E-state index contributed by atoms with van der Waals surface area (Å²) in [6.07, 6.45) is 1.67. The van der Waals surface area contributed by atoms with E-state index < -0.39 is 18.0 Å². The lowest BCUT2D eigenvalue weighted by molar-refractivity contribution is -0.118. The topological polar surface area (TPSA) is 140 Å². The van der Waals surface area contributed by atoms with E-state index in [1.807, 2.05) is 6.92 Å². The van der Waals surface area contributed by atoms with Crippen LogP contribution in [0.5, 0.6) is 5.88 Å². The van der Waals surface area contributed by atoms with Crippen LogP contribution in [0.15, 0.2) is 24.5 Å². The van der Waals surface area contributed by atoms with Gasteiger partial charge in [-0.1, -0.05) is 6.92 Å². The van der Waals surface area contributed by atoms with Crippen LogP contribution < -0.4 is 20.7 Å². The smallest absolute Gasteiger partial charge is 0.413 e. The van der Waals surface area contributed by atoms with Gasteiger partial charge in [0.25, 0.3) is 5.91 Å². The summed E-state index contributed by atoms with van der Waals surface area (Å²) in [4.78, 5) is 33.5. The van der Waals surface area contributed by atoms with Crippen LogP contribution in [0.25, 0.3) is 21.9 Å². The Morgan fingerprint density at radius 2 is 2.06 bits per heavy atom. The van der Waals surface area contributed by atoms with Gasteiger partial charge in [0, 0.05) is 34.8 Å². The van der Waals surface area contributed by atoms with Crippen LogP contribution in [-0.4, -0.2) is 52.9 Å². The second-order valence-electron chi connectivity index (χ2n) is 8.46. The Morgan fingerprint density at radius 1 is 1.26 bits per heavy atom. The second kappa shape index (κ2) is 8.10. The van der Waals surface area contributed by atoms with E-state index in [0.29, 0.717) is 34.2 Å². The molecule has 0 unspecified atom stereocenters. The minimum atomic E-state index is -1.16. The average molecular weight is 467 g/mol. The van der Waals surface area contributed by atoms with Gasteiger partial charge in [-0.2, -0.15) is 0 Å². The molecule has 0 radical (unpaired) electrons. The number of aromatic nitrogens is 2. The molecule has 2 aromatic heterocycles. The number of nitrogens with zero attached hydrogens (tertiary/aromatic N) is 3. The minimum absolute atomic E-state index is 0.0101. The lowest BCUT2D eigenvalue weighted by atomic mass is 9.97. The van der Waals surface area contributed by atoms with Crippen molar-refractivity contribution < 1.29 is 28.6 Å². The number of nitrogens with one attached hydrogen (secondary N) is 1. The van der Waals surface area contributed by atoms with Crippen LogP contribution in [0.2, 0.25) is 0 Å². The number of hydrogen-bond donors (Lipinski definition) is 3. The van der Waals surface area contributed by atoms with Gasteiger partial charge in [0.05, 0.1) is 24.9 Å². The van der Waals surface area contributed by atoms with E-state index in [0.717, 1.165) is 0 Å². The number of halogens is 1. The summed E-state index contributed by atoms with van der Waals surface area (Å²) in [6.45, 7) is 4.20. The first-order chi connectivity index (χ1) is 16.3. The number of fused-ring (bicyclic) bond motifs is 2. The van der Waals surface area contributed by atoms with Gasteiger partial charge in [-0.05, 0) is 30.0 Å². The van der Waals surface area contributed by atoms with E-state index in [1.54, 1.807) is 19.1 Å². The first-order valence-corrected chi connectivity index (χ1v) is 10.7. The molecule has 0 spiro atoms. The molecule has 0 bridgehead atoms. The Kier molecular flexibility index (Phi) is 5.20. The Balaban J connectivity index is 1.65. The number of anilines is 3. The summed E-state index contributed by atoms with van der Waals surface area (Å²) in [7, 11) is 0. The molecule has 3 aromatic rings. The fourth-order valence-corrected chi connectivity index (χ4v) is 4.42. The zero-order valence-electron chi connectivity index (χ0n) is 18.5. The predicted octanol–water partition coefficient (Wildman–Crippen LogP) is 3.18. The average Bonchev–Trinajstić information content (AvgIpc) is 3.22. The van der Waals surface area contributed by atoms with Gasteiger partial charge in [-0.15, -0.1) is 0 Å². The predicted molar refractivity (Wildman–Crippen MR) is 122 cm³/mol. The van der Waals surface area contributed by atoms with Gasteiger partial charge in [0.15, 0.2) is 12.4 Å². The Labute approximate surface area is 193 Å². The number of pyridine rings is 2. The molecule has 5 rings (SSSR count). The molecule has 10 nitrogen and oxygen atoms in total. The van der Waals surface area contributed by atoms with Crippen molar-refractivity contribution in [3.05, 3.63) is 35.9 Å². The number of carbonyl (C=O) groups excluding carboxylic acids is 1. The van der Waals surface area contributed by atoms with Crippen LogP contribution in [0, 0.1) is 18.7 Å². The highest BCUT2D eigenvalue weighted by molar-refractivity contribution is 6.01. The second-order valence-corrected chi connectivity index (χ2v) is 8.46. The van der Waals surface area contributed by atoms with Crippen molar-refractivity contribution in [1.82, 2.24) is 9.97 Å². The normalized spacial score (nSPS) is 19.4. The molecule has 1 saturated heterocycles. The Morgan fingerprint density at radius 3 is 2.76 bits per heavy atom. The number of hydrogen-bond acceptors (Lipinski definition) is 7. The highest BCUT2D eigenvalue weighted by atomic mass is 19.1. The molecular formula is C23H22FN5O5. The quantitative estimate of drug-likeness (QED) is 0.499. The summed E-state index contributed by atoms with van der Waals surface area (Å²) in [5.41, 5.74) is 7.51. The summed E-state index contributed by atoms with van der Waals surface area (Å²) in [5.74, 6) is -0.554. The van der Waals surface area contributed by atoms with Gasteiger partial charge in [0.1, 0.15) is 11.5 Å². The third-order valence-corrected chi connectivity index (χ3v) is 6.29. The minimum Gasteiger partial charge on any atom is -0.466 e. The van der Waals surface area contributed by atoms with Crippen molar-refractivity contribution in [3.63, 3.8) is 0 Å². The SMILES string of the molecule is Cc1c(-c2cc3cc(N(C(=O)O)[C@H]4COC[C@@H]4C)ncc3c(N)c2F)cnc2c1NC(=O)CO2. The first kappa shape index (κ1) is 21.8. The van der Waals surface area contributed by atoms with Crippen LogP contribution >= 0.6 is 0 Å². The summed E-state index contributed by atoms with van der Waals surface area (Å²) in [6, 6.07) is 2.75. The van der Waals surface area contributed by atoms with E-state index in [4.69, 9.17) is 15.2 Å². The maximum Gasteiger partial charge on any atom is 0.413 e. The number of nitrogen functional groups attached to an aromatic ring is 1. The van der Waals surface area contributed by atoms with Crippen molar-refractivity contribution >= 4 is 40.0 Å². The van der Waals surface area contributed by atoms with Gasteiger partial charge in [-0.25, -0.2) is 19.2 Å². The van der Waals surface area contributed by atoms with E-state index in [-0.39, 0.29) is 48.0 Å². The van der Waals surface area contributed by atoms with Crippen molar-refractivity contribution in [2.75, 3.05) is 35.8 Å². The third-order valence-electron chi connectivity index (χ3n) is 6.29. The van der Waals surface area contributed by atoms with Crippen LogP contribution in [-0.2, 0) is 9.53 Å². The van der Waals surface area contributed by atoms with E-state index >= 15 is 4.39 Å². The largest absolute Gasteiger partial charge is 0.466 e. The highest BCUT2D eigenvalue weighted by Gasteiger charge is 2.35. The molecule has 11 heteroatoms. The molecule has 2 aliphatic heterocycles. The number of ether oxygens (including phenoxy) is 2. The highest BCUT2D eigenvalue weighted by Crippen LogP contribution is 2.40. The molecule has 0 saturated carbocycles. The Bertz CT molecular complexity index is 1350. The van der Waals surface area contributed by atoms with Crippen LogP contribution in [0.1, 0.15) is 12.5 Å². The van der Waals surface area contributed by atoms with Gasteiger partial charge < -0.3 is 25.6 Å². The van der Waals surface area contributed by atoms with Crippen LogP contribution in [0.4, 0.5) is 26.4 Å². The number of nitrogens with two attached hydrogens (primary N) is 1. The summed E-state index contributed by atoms with van der Waals surface area (Å²) in [5, 5.41) is 13.4. The van der Waals surface area contributed by atoms with Crippen molar-refractivity contribution in [1.29, 1.82) is 0 Å². The molecule has 4 heterocycles. The standard InChI is InChI=1S/C23H22FN5O5/c1-10-7-33-8-16(10)29(23(31)32)17-4-12-3-13(19(24)20(25)15(12)6-26-17)14-5-27-22-21(11(14)2)28-18(30)9-34-22/h3-6,10,16H,7-9,25H2,1-2H3,(H,28,30)(H,31,32)/t10-,16-/m0/s1. The number of benzene rings is 1. The van der Waals surface area contributed by atoms with Gasteiger partial charge >= 0.3 is 6.09 Å². The zero-order valence-corrected chi connectivity index (χ0v) is 18.5. The van der Waals surface area contributed by atoms with Crippen molar-refractivity contribution in [3.8, 4) is 17.0 Å². The summed E-state index contributed by atoms with van der Waals surface area (Å²) < 4.78 is 26.1. The van der Waals surface area contributed by atoms with E-state index in [9.17, 15) is 14.7 Å². The van der Waals surface area contributed by atoms with Crippen molar-refractivity contribution in [2.45, 2.75) is 19.9 Å². The van der Waals surface area contributed by atoms with E-state index in [2.05, 4.69) is 15.3 Å². The van der Waals surface area contributed by atoms with Gasteiger partial charge in [0.2, 0.25) is 5.88 Å². The number of rotatable bonds is 3. The summed E-state index contributed by atoms with van der Waals surface area (Å²) >= 11 is 0. The molecule has 4 N–H and O–H groups in total. The molecule has 176 valence electrons. The maximum absolute atomic E-state index is 15.4. The number of amides is 2. The molecular weight excluding hydrogens is 445 g/mol. The number of carbonyl (C=O) groups is 2. The molecule has 34 heavy (non-hydrogen) atoms. The molecule has 1 aromatic carbocycles. The number of carboxylic acid groups (broad SMARTS) is 1. The Hall–Kier alpha value is -3.99. The first-order valence-electron chi connectivity index (χ1n) is 10.7. The van der Waals surface area contributed by atoms with Crippen LogP contribution in [0.3, 0.4) is 0 Å². The lowest BCUT2D eigenvalue weighted by Gasteiger charge is -2.27. The maximum atomic E-state index is 15.4. The van der Waals surface area contributed by atoms with Gasteiger partial charge in [-0.3, -0.25) is 9.69 Å². The third kappa shape index (κ3) is 3.45. The molecule has 1 fully saturated rings. The van der Waals surface area contributed by atoms with E-state index in [1.165, 1.54) is 17.3 Å². The monoisotopic (exact) mass is 467 g/mol. The fraction of sp³-hybridized carbons (Fsp3) is 0.304.